The summed E-state index contributed by atoms with van der Waals surface area (Å²) in [5.74, 6) is 0. The zero-order chi connectivity index (χ0) is 11.9. The average molecular weight is 231 g/mol. The molecule has 94 valence electrons. The van der Waals surface area contributed by atoms with E-state index in [4.69, 9.17) is 0 Å². The van der Waals surface area contributed by atoms with Crippen LogP contribution in [0.2, 0.25) is 0 Å². The number of fused-ring (bicyclic) bond motifs is 1. The topological polar surface area (TPSA) is 12.0 Å². The highest BCUT2D eigenvalue weighted by Crippen LogP contribution is 2.23. The van der Waals surface area contributed by atoms with Gasteiger partial charge in [0.15, 0.2) is 0 Å². The first-order valence-electron chi connectivity index (χ1n) is 7.21. The van der Waals surface area contributed by atoms with Crippen molar-refractivity contribution < 1.29 is 0 Å². The molecule has 0 fully saturated rings. The largest absolute Gasteiger partial charge is 0.317 e. The van der Waals surface area contributed by atoms with Gasteiger partial charge in [-0.1, -0.05) is 25.1 Å². The molecule has 2 rings (SSSR count). The molecule has 1 aromatic rings. The van der Waals surface area contributed by atoms with Gasteiger partial charge in [0.05, 0.1) is 0 Å². The lowest BCUT2D eigenvalue weighted by Crippen LogP contribution is -2.15. The number of rotatable bonds is 7. The average Bonchev–Trinajstić information content (AvgIpc) is 2.81. The summed E-state index contributed by atoms with van der Waals surface area (Å²) in [6.07, 6.45) is 9.08. The van der Waals surface area contributed by atoms with Crippen molar-refractivity contribution in [1.82, 2.24) is 5.32 Å². The standard InChI is InChI=1S/C16H25N/c1-2-11-17-12-4-3-6-14-9-10-15-7-5-8-16(15)13-14/h9-10,13,17H,2-8,11-12H2,1H3. The third-order valence-electron chi connectivity index (χ3n) is 3.66. The van der Waals surface area contributed by atoms with E-state index >= 15 is 0 Å². The lowest BCUT2D eigenvalue weighted by Gasteiger charge is -2.06. The number of benzene rings is 1. The highest BCUT2D eigenvalue weighted by molar-refractivity contribution is 5.35. The first-order chi connectivity index (χ1) is 8.40. The summed E-state index contributed by atoms with van der Waals surface area (Å²) in [7, 11) is 0. The Bertz CT molecular complexity index is 343. The maximum atomic E-state index is 3.46. The molecule has 0 aromatic heterocycles. The van der Waals surface area contributed by atoms with Crippen LogP contribution in [0.3, 0.4) is 0 Å². The second-order valence-electron chi connectivity index (χ2n) is 5.16. The second kappa shape index (κ2) is 6.80. The van der Waals surface area contributed by atoms with Gasteiger partial charge in [0.2, 0.25) is 0 Å². The van der Waals surface area contributed by atoms with Crippen molar-refractivity contribution >= 4 is 0 Å². The molecule has 0 spiro atoms. The van der Waals surface area contributed by atoms with E-state index in [-0.39, 0.29) is 0 Å². The normalized spacial score (nSPS) is 13.9. The molecule has 0 atom stereocenters. The SMILES string of the molecule is CCCNCCCCc1ccc2c(c1)CCC2. The molecule has 0 unspecified atom stereocenters. The van der Waals surface area contributed by atoms with E-state index < -0.39 is 0 Å². The fourth-order valence-corrected chi connectivity index (χ4v) is 2.66. The number of aryl methyl sites for hydroxylation is 3. The first kappa shape index (κ1) is 12.6. The predicted octanol–water partition coefficient (Wildman–Crippen LogP) is 3.50. The Kier molecular flexibility index (Phi) is 5.06. The van der Waals surface area contributed by atoms with Crippen LogP contribution in [-0.4, -0.2) is 13.1 Å². The van der Waals surface area contributed by atoms with Crippen LogP contribution < -0.4 is 5.32 Å². The molecule has 0 saturated carbocycles. The summed E-state index contributed by atoms with van der Waals surface area (Å²) in [4.78, 5) is 0. The van der Waals surface area contributed by atoms with Crippen molar-refractivity contribution in [2.45, 2.75) is 51.9 Å². The summed E-state index contributed by atoms with van der Waals surface area (Å²) in [6.45, 7) is 4.56. The van der Waals surface area contributed by atoms with Crippen LogP contribution in [0.5, 0.6) is 0 Å². The Labute approximate surface area is 106 Å². The summed E-state index contributed by atoms with van der Waals surface area (Å²) in [5.41, 5.74) is 4.76. The van der Waals surface area contributed by atoms with E-state index in [1.54, 1.807) is 16.7 Å². The van der Waals surface area contributed by atoms with Crippen molar-refractivity contribution in [3.8, 4) is 0 Å². The van der Waals surface area contributed by atoms with Crippen LogP contribution in [0.25, 0.3) is 0 Å². The van der Waals surface area contributed by atoms with Crippen LogP contribution in [0.1, 0.15) is 49.3 Å². The van der Waals surface area contributed by atoms with Gasteiger partial charge in [0, 0.05) is 0 Å². The maximum Gasteiger partial charge on any atom is -0.00488 e. The molecule has 17 heavy (non-hydrogen) atoms. The Morgan fingerprint density at radius 2 is 1.94 bits per heavy atom. The Balaban J connectivity index is 1.69. The first-order valence-corrected chi connectivity index (χ1v) is 7.21. The molecule has 0 bridgehead atoms. The molecule has 1 nitrogen and oxygen atoms in total. The zero-order valence-corrected chi connectivity index (χ0v) is 11.1. The Morgan fingerprint density at radius 3 is 2.82 bits per heavy atom. The predicted molar refractivity (Wildman–Crippen MR) is 74.6 cm³/mol. The lowest BCUT2D eigenvalue weighted by atomic mass is 10.0. The van der Waals surface area contributed by atoms with Gasteiger partial charge in [0.25, 0.3) is 0 Å². The molecule has 0 amide bonds. The Hall–Kier alpha value is -0.820. The molecule has 1 N–H and O–H groups in total. The van der Waals surface area contributed by atoms with E-state index in [9.17, 15) is 0 Å². The third kappa shape index (κ3) is 3.85. The van der Waals surface area contributed by atoms with Crippen molar-refractivity contribution in [2.75, 3.05) is 13.1 Å². The molecular formula is C16H25N. The Morgan fingerprint density at radius 1 is 1.06 bits per heavy atom. The van der Waals surface area contributed by atoms with Gasteiger partial charge in [-0.25, -0.2) is 0 Å². The van der Waals surface area contributed by atoms with E-state index in [1.807, 2.05) is 0 Å². The smallest absolute Gasteiger partial charge is 0.00488 e. The number of hydrogen-bond acceptors (Lipinski definition) is 1. The van der Waals surface area contributed by atoms with Gasteiger partial charge in [-0.2, -0.15) is 0 Å². The monoisotopic (exact) mass is 231 g/mol. The summed E-state index contributed by atoms with van der Waals surface area (Å²) >= 11 is 0. The van der Waals surface area contributed by atoms with Gasteiger partial charge >= 0.3 is 0 Å². The lowest BCUT2D eigenvalue weighted by molar-refractivity contribution is 0.617. The second-order valence-corrected chi connectivity index (χ2v) is 5.16. The fourth-order valence-electron chi connectivity index (χ4n) is 2.66. The molecule has 0 saturated heterocycles. The number of unbranched alkanes of at least 4 members (excludes halogenated alkanes) is 1. The summed E-state index contributed by atoms with van der Waals surface area (Å²) < 4.78 is 0. The van der Waals surface area contributed by atoms with Crippen LogP contribution in [0.4, 0.5) is 0 Å². The zero-order valence-electron chi connectivity index (χ0n) is 11.1. The van der Waals surface area contributed by atoms with Crippen molar-refractivity contribution in [2.24, 2.45) is 0 Å². The summed E-state index contributed by atoms with van der Waals surface area (Å²) in [5, 5.41) is 3.46. The minimum Gasteiger partial charge on any atom is -0.317 e. The fraction of sp³-hybridized carbons (Fsp3) is 0.625. The van der Waals surface area contributed by atoms with Crippen LogP contribution in [0.15, 0.2) is 18.2 Å². The highest BCUT2D eigenvalue weighted by Gasteiger charge is 2.10. The summed E-state index contributed by atoms with van der Waals surface area (Å²) in [6, 6.07) is 7.14. The third-order valence-corrected chi connectivity index (χ3v) is 3.66. The van der Waals surface area contributed by atoms with Gasteiger partial charge in [0.1, 0.15) is 0 Å². The molecule has 1 aromatic carbocycles. The van der Waals surface area contributed by atoms with E-state index in [0.717, 1.165) is 0 Å². The van der Waals surface area contributed by atoms with Gasteiger partial charge < -0.3 is 5.32 Å². The molecule has 1 aliphatic carbocycles. The number of hydrogen-bond donors (Lipinski definition) is 1. The molecule has 0 aliphatic heterocycles. The maximum absolute atomic E-state index is 3.46. The van der Waals surface area contributed by atoms with Crippen LogP contribution in [-0.2, 0) is 19.3 Å². The highest BCUT2D eigenvalue weighted by atomic mass is 14.8. The quantitative estimate of drug-likeness (QED) is 0.708. The molecule has 1 aliphatic rings. The molecule has 0 heterocycles. The number of nitrogens with one attached hydrogen (secondary N) is 1. The van der Waals surface area contributed by atoms with Gasteiger partial charge in [-0.3, -0.25) is 0 Å². The molecule has 0 radical (unpaired) electrons. The van der Waals surface area contributed by atoms with Gasteiger partial charge in [-0.15, -0.1) is 0 Å². The van der Waals surface area contributed by atoms with E-state index in [1.165, 1.54) is 58.0 Å². The van der Waals surface area contributed by atoms with Crippen molar-refractivity contribution in [1.29, 1.82) is 0 Å². The van der Waals surface area contributed by atoms with E-state index in [2.05, 4.69) is 30.4 Å². The van der Waals surface area contributed by atoms with Crippen molar-refractivity contribution in [3.63, 3.8) is 0 Å². The minimum absolute atomic E-state index is 1.17. The van der Waals surface area contributed by atoms with Crippen LogP contribution >= 0.6 is 0 Å². The van der Waals surface area contributed by atoms with E-state index in [0.29, 0.717) is 0 Å². The minimum atomic E-state index is 1.17. The van der Waals surface area contributed by atoms with Crippen molar-refractivity contribution in [3.05, 3.63) is 34.9 Å². The van der Waals surface area contributed by atoms with Gasteiger partial charge in [-0.05, 0) is 74.7 Å². The molecular weight excluding hydrogens is 206 g/mol. The molecule has 1 heteroatoms. The van der Waals surface area contributed by atoms with Crippen LogP contribution in [0, 0.1) is 0 Å².